The third kappa shape index (κ3) is 4.83. The second kappa shape index (κ2) is 10.2. The lowest BCUT2D eigenvalue weighted by molar-refractivity contribution is 0.236. The molecule has 0 spiro atoms. The van der Waals surface area contributed by atoms with Gasteiger partial charge in [-0.25, -0.2) is 9.37 Å². The summed E-state index contributed by atoms with van der Waals surface area (Å²) in [5, 5.41) is 0. The Morgan fingerprint density at radius 1 is 1.09 bits per heavy atom. The van der Waals surface area contributed by atoms with Crippen LogP contribution in [0.4, 0.5) is 4.39 Å². The molecule has 1 atom stereocenters. The maximum atomic E-state index is 14.5. The molecule has 178 valence electrons. The Labute approximate surface area is 212 Å². The number of aryl methyl sites for hydroxylation is 1. The molecule has 1 aliphatic rings. The highest BCUT2D eigenvalue weighted by molar-refractivity contribution is 9.10. The van der Waals surface area contributed by atoms with E-state index in [-0.39, 0.29) is 17.4 Å². The summed E-state index contributed by atoms with van der Waals surface area (Å²) >= 11 is 3.31. The van der Waals surface area contributed by atoms with Gasteiger partial charge in [0, 0.05) is 48.7 Å². The predicted molar refractivity (Wildman–Crippen MR) is 138 cm³/mol. The van der Waals surface area contributed by atoms with Crippen LogP contribution in [0.25, 0.3) is 0 Å². The van der Waals surface area contributed by atoms with Crippen molar-refractivity contribution in [1.29, 1.82) is 0 Å². The molecule has 0 bridgehead atoms. The molecule has 4 aromatic rings. The Bertz CT molecular complexity index is 1350. The Hall–Kier alpha value is -3.16. The molecule has 3 heterocycles. The molecule has 7 heteroatoms. The summed E-state index contributed by atoms with van der Waals surface area (Å²) in [6.07, 6.45) is 3.05. The summed E-state index contributed by atoms with van der Waals surface area (Å²) in [5.41, 5.74) is 3.88. The lowest BCUT2D eigenvalue weighted by atomic mass is 10.0. The van der Waals surface area contributed by atoms with Crippen molar-refractivity contribution in [2.45, 2.75) is 38.9 Å². The Morgan fingerprint density at radius 2 is 1.89 bits per heavy atom. The van der Waals surface area contributed by atoms with E-state index in [0.717, 1.165) is 29.3 Å². The van der Waals surface area contributed by atoms with E-state index >= 15 is 0 Å². The molecule has 5 nitrogen and oxygen atoms in total. The highest BCUT2D eigenvalue weighted by Gasteiger charge is 2.28. The minimum Gasteiger partial charge on any atom is -0.294 e. The van der Waals surface area contributed by atoms with Crippen LogP contribution in [0.3, 0.4) is 0 Å². The van der Waals surface area contributed by atoms with E-state index in [1.807, 2.05) is 61.5 Å². The molecule has 5 rings (SSSR count). The van der Waals surface area contributed by atoms with Gasteiger partial charge >= 0.3 is 0 Å². The van der Waals surface area contributed by atoms with Gasteiger partial charge in [-0.15, -0.1) is 0 Å². The number of hydrogen-bond donors (Lipinski definition) is 0. The van der Waals surface area contributed by atoms with Gasteiger partial charge in [0.2, 0.25) is 0 Å². The van der Waals surface area contributed by atoms with Crippen molar-refractivity contribution in [3.05, 3.63) is 127 Å². The topological polar surface area (TPSA) is 51.0 Å². The Kier molecular flexibility index (Phi) is 6.88. The first kappa shape index (κ1) is 23.6. The van der Waals surface area contributed by atoms with Gasteiger partial charge in [-0.1, -0.05) is 65.3 Å². The van der Waals surface area contributed by atoms with Crippen LogP contribution in [0.5, 0.6) is 0 Å². The first-order valence-corrected chi connectivity index (χ1v) is 12.6. The lowest BCUT2D eigenvalue weighted by Crippen LogP contribution is -2.40. The van der Waals surface area contributed by atoms with E-state index in [2.05, 4.69) is 25.8 Å². The van der Waals surface area contributed by atoms with E-state index in [0.29, 0.717) is 41.5 Å². The zero-order valence-corrected chi connectivity index (χ0v) is 21.1. The minimum absolute atomic E-state index is 0.0488. The van der Waals surface area contributed by atoms with Crippen LogP contribution in [-0.4, -0.2) is 26.0 Å². The van der Waals surface area contributed by atoms with E-state index in [4.69, 9.17) is 4.98 Å². The summed E-state index contributed by atoms with van der Waals surface area (Å²) in [7, 11) is 0. The maximum Gasteiger partial charge on any atom is 0.259 e. The molecular weight excluding hydrogens is 507 g/mol. The molecule has 0 aliphatic carbocycles. The van der Waals surface area contributed by atoms with E-state index in [9.17, 15) is 9.18 Å². The zero-order valence-electron chi connectivity index (χ0n) is 19.5. The zero-order chi connectivity index (χ0) is 24.4. The van der Waals surface area contributed by atoms with E-state index in [1.165, 1.54) is 6.07 Å². The van der Waals surface area contributed by atoms with Crippen LogP contribution >= 0.6 is 15.9 Å². The molecule has 0 radical (unpaired) electrons. The van der Waals surface area contributed by atoms with E-state index < -0.39 is 0 Å². The van der Waals surface area contributed by atoms with Crippen LogP contribution in [0.15, 0.2) is 82.2 Å². The van der Waals surface area contributed by atoms with Crippen molar-refractivity contribution in [1.82, 2.24) is 19.4 Å². The molecule has 1 aliphatic heterocycles. The predicted octanol–water partition coefficient (Wildman–Crippen LogP) is 5.30. The average molecular weight is 533 g/mol. The highest BCUT2D eigenvalue weighted by Crippen LogP contribution is 2.27. The quantitative estimate of drug-likeness (QED) is 0.338. The SMILES string of the molecule is CCc1nc2c(c(=O)n1C(c1ccccc1)c1ccccn1)CN(Cc1ccc(Br)cc1F)CC2. The minimum atomic E-state index is -0.378. The molecule has 0 fully saturated rings. The number of nitrogens with zero attached hydrogens (tertiary/aromatic N) is 4. The Balaban J connectivity index is 1.58. The van der Waals surface area contributed by atoms with Crippen molar-refractivity contribution in [3.63, 3.8) is 0 Å². The number of benzene rings is 2. The van der Waals surface area contributed by atoms with Crippen molar-refractivity contribution in [3.8, 4) is 0 Å². The highest BCUT2D eigenvalue weighted by atomic mass is 79.9. The average Bonchev–Trinajstić information content (AvgIpc) is 2.88. The number of aromatic nitrogens is 3. The standard InChI is InChI=1S/C28H26BrFN4O/c1-2-26-32-24-13-15-33(17-20-11-12-21(29)16-23(20)30)18-22(24)28(35)34(26)27(19-8-4-3-5-9-19)25-10-6-7-14-31-25/h3-12,14,16,27H,2,13,15,17-18H2,1H3. The van der Waals surface area contributed by atoms with Gasteiger partial charge in [-0.05, 0) is 29.8 Å². The maximum absolute atomic E-state index is 14.5. The summed E-state index contributed by atoms with van der Waals surface area (Å²) < 4.78 is 17.0. The first-order valence-electron chi connectivity index (χ1n) is 11.8. The molecule has 0 N–H and O–H groups in total. The normalized spacial score (nSPS) is 14.5. The summed E-state index contributed by atoms with van der Waals surface area (Å²) in [4.78, 5) is 25.8. The van der Waals surface area contributed by atoms with Crippen molar-refractivity contribution in [2.24, 2.45) is 0 Å². The van der Waals surface area contributed by atoms with Gasteiger partial charge < -0.3 is 0 Å². The third-order valence-electron chi connectivity index (χ3n) is 6.48. The fraction of sp³-hybridized carbons (Fsp3) is 0.250. The Morgan fingerprint density at radius 3 is 2.60 bits per heavy atom. The van der Waals surface area contributed by atoms with Crippen LogP contribution in [0, 0.1) is 5.82 Å². The molecule has 0 saturated carbocycles. The summed E-state index contributed by atoms with van der Waals surface area (Å²) in [6.45, 7) is 3.63. The van der Waals surface area contributed by atoms with Crippen LogP contribution in [0.1, 0.15) is 46.9 Å². The van der Waals surface area contributed by atoms with Gasteiger partial charge in [0.25, 0.3) is 5.56 Å². The smallest absolute Gasteiger partial charge is 0.259 e. The fourth-order valence-electron chi connectivity index (χ4n) is 4.76. The van der Waals surface area contributed by atoms with Crippen molar-refractivity contribution < 1.29 is 4.39 Å². The number of hydrogen-bond acceptors (Lipinski definition) is 4. The second-order valence-corrected chi connectivity index (χ2v) is 9.66. The van der Waals surface area contributed by atoms with Crippen molar-refractivity contribution in [2.75, 3.05) is 6.54 Å². The third-order valence-corrected chi connectivity index (χ3v) is 6.97. The van der Waals surface area contributed by atoms with Crippen molar-refractivity contribution >= 4 is 15.9 Å². The molecule has 2 aromatic carbocycles. The number of rotatable bonds is 6. The summed E-state index contributed by atoms with van der Waals surface area (Å²) in [6, 6.07) is 20.5. The van der Waals surface area contributed by atoms with Gasteiger partial charge in [-0.2, -0.15) is 0 Å². The number of pyridine rings is 1. The first-order chi connectivity index (χ1) is 17.0. The number of fused-ring (bicyclic) bond motifs is 1. The van der Waals surface area contributed by atoms with Gasteiger partial charge in [0.05, 0.1) is 17.0 Å². The van der Waals surface area contributed by atoms with Gasteiger partial charge in [0.1, 0.15) is 17.7 Å². The number of halogens is 2. The molecule has 35 heavy (non-hydrogen) atoms. The van der Waals surface area contributed by atoms with E-state index in [1.54, 1.807) is 16.8 Å². The fourth-order valence-corrected chi connectivity index (χ4v) is 5.10. The monoisotopic (exact) mass is 532 g/mol. The molecule has 0 amide bonds. The molecule has 2 aromatic heterocycles. The van der Waals surface area contributed by atoms with Crippen LogP contribution in [-0.2, 0) is 25.9 Å². The molecule has 1 unspecified atom stereocenters. The second-order valence-electron chi connectivity index (χ2n) is 8.75. The largest absolute Gasteiger partial charge is 0.294 e. The van der Waals surface area contributed by atoms with Crippen LogP contribution in [0.2, 0.25) is 0 Å². The van der Waals surface area contributed by atoms with Crippen LogP contribution < -0.4 is 5.56 Å². The lowest BCUT2D eigenvalue weighted by Gasteiger charge is -2.30. The van der Waals surface area contributed by atoms with Gasteiger partial charge in [0.15, 0.2) is 0 Å². The molecule has 0 saturated heterocycles. The van der Waals surface area contributed by atoms with Gasteiger partial charge in [-0.3, -0.25) is 19.2 Å². The summed E-state index contributed by atoms with van der Waals surface area (Å²) in [5.74, 6) is 0.502. The molecular formula is C28H26BrFN4O.